The number of benzene rings is 1. The van der Waals surface area contributed by atoms with Gasteiger partial charge >= 0.3 is 0 Å². The summed E-state index contributed by atoms with van der Waals surface area (Å²) in [6, 6.07) is 5.95. The number of hydrogen-bond donors (Lipinski definition) is 1. The highest BCUT2D eigenvalue weighted by atomic mass is 35.5. The number of halogens is 1. The van der Waals surface area contributed by atoms with E-state index in [0.717, 1.165) is 23.1 Å². The minimum Gasteiger partial charge on any atom is -0.348 e. The van der Waals surface area contributed by atoms with Crippen LogP contribution in [0.5, 0.6) is 0 Å². The summed E-state index contributed by atoms with van der Waals surface area (Å²) in [4.78, 5) is 12.2. The van der Waals surface area contributed by atoms with Crippen LogP contribution in [0, 0.1) is 19.8 Å². The minimum absolute atomic E-state index is 0.0255. The number of rotatable bonds is 5. The van der Waals surface area contributed by atoms with E-state index in [1.807, 2.05) is 32.0 Å². The van der Waals surface area contributed by atoms with Crippen molar-refractivity contribution in [1.29, 1.82) is 0 Å². The van der Waals surface area contributed by atoms with E-state index in [1.54, 1.807) is 0 Å². The van der Waals surface area contributed by atoms with Gasteiger partial charge in [0.15, 0.2) is 0 Å². The molecule has 0 saturated heterocycles. The van der Waals surface area contributed by atoms with Gasteiger partial charge in [-0.3, -0.25) is 4.79 Å². The average molecular weight is 268 g/mol. The van der Waals surface area contributed by atoms with Gasteiger partial charge in [-0.05, 0) is 37.8 Å². The molecule has 1 atom stereocenters. The van der Waals surface area contributed by atoms with E-state index in [9.17, 15) is 4.79 Å². The first-order valence-electron chi connectivity index (χ1n) is 6.38. The van der Waals surface area contributed by atoms with Crippen LogP contribution >= 0.6 is 11.6 Å². The number of nitrogens with one attached hydrogen (secondary N) is 1. The molecule has 0 heterocycles. The van der Waals surface area contributed by atoms with Gasteiger partial charge in [0.1, 0.15) is 0 Å². The van der Waals surface area contributed by atoms with Gasteiger partial charge < -0.3 is 5.32 Å². The molecule has 0 aromatic heterocycles. The first-order valence-corrected chi connectivity index (χ1v) is 6.91. The zero-order chi connectivity index (χ0) is 13.7. The number of carbonyl (C=O) groups is 1. The SMILES string of the molecule is Cc1ccc(C)c(C(=O)NC(CCl)CC(C)C)c1. The second-order valence-electron chi connectivity index (χ2n) is 5.27. The van der Waals surface area contributed by atoms with Crippen molar-refractivity contribution in [3.05, 3.63) is 34.9 Å². The highest BCUT2D eigenvalue weighted by Crippen LogP contribution is 2.12. The van der Waals surface area contributed by atoms with Gasteiger partial charge in [-0.2, -0.15) is 0 Å². The lowest BCUT2D eigenvalue weighted by atomic mass is 10.0. The van der Waals surface area contributed by atoms with Crippen LogP contribution < -0.4 is 5.32 Å². The summed E-state index contributed by atoms with van der Waals surface area (Å²) in [6.07, 6.45) is 0.903. The van der Waals surface area contributed by atoms with Crippen LogP contribution in [0.25, 0.3) is 0 Å². The first-order chi connectivity index (χ1) is 8.43. The Hall–Kier alpha value is -1.02. The smallest absolute Gasteiger partial charge is 0.251 e. The molecule has 1 aromatic carbocycles. The Morgan fingerprint density at radius 3 is 2.56 bits per heavy atom. The minimum atomic E-state index is -0.0255. The lowest BCUT2D eigenvalue weighted by Gasteiger charge is -2.19. The molecule has 1 aromatic rings. The fourth-order valence-corrected chi connectivity index (χ4v) is 2.18. The Kier molecular flexibility index (Phi) is 5.67. The van der Waals surface area contributed by atoms with Gasteiger partial charge in [0.2, 0.25) is 0 Å². The van der Waals surface area contributed by atoms with E-state index in [4.69, 9.17) is 11.6 Å². The summed E-state index contributed by atoms with van der Waals surface area (Å²) in [5.41, 5.74) is 2.84. The van der Waals surface area contributed by atoms with Crippen molar-refractivity contribution in [2.24, 2.45) is 5.92 Å². The summed E-state index contributed by atoms with van der Waals surface area (Å²) < 4.78 is 0. The summed E-state index contributed by atoms with van der Waals surface area (Å²) in [5.74, 6) is 0.949. The Bertz CT molecular complexity index is 415. The molecule has 1 amide bonds. The molecule has 0 saturated carbocycles. The van der Waals surface area contributed by atoms with Crippen LogP contribution in [-0.4, -0.2) is 17.8 Å². The largest absolute Gasteiger partial charge is 0.348 e. The van der Waals surface area contributed by atoms with Crippen molar-refractivity contribution in [2.45, 2.75) is 40.2 Å². The third-order valence-electron chi connectivity index (χ3n) is 2.92. The molecule has 18 heavy (non-hydrogen) atoms. The topological polar surface area (TPSA) is 29.1 Å². The third kappa shape index (κ3) is 4.34. The lowest BCUT2D eigenvalue weighted by Crippen LogP contribution is -2.37. The van der Waals surface area contributed by atoms with Gasteiger partial charge in [0.25, 0.3) is 5.91 Å². The van der Waals surface area contributed by atoms with E-state index in [2.05, 4.69) is 19.2 Å². The summed E-state index contributed by atoms with van der Waals surface area (Å²) in [7, 11) is 0. The predicted octanol–water partition coefficient (Wildman–Crippen LogP) is 3.69. The number of carbonyl (C=O) groups excluding carboxylic acids is 1. The molecule has 0 aliphatic rings. The third-order valence-corrected chi connectivity index (χ3v) is 3.29. The van der Waals surface area contributed by atoms with E-state index in [1.165, 1.54) is 0 Å². The lowest BCUT2D eigenvalue weighted by molar-refractivity contribution is 0.0936. The van der Waals surface area contributed by atoms with Crippen LogP contribution in [0.1, 0.15) is 41.8 Å². The van der Waals surface area contributed by atoms with Crippen molar-refractivity contribution in [3.8, 4) is 0 Å². The van der Waals surface area contributed by atoms with E-state index >= 15 is 0 Å². The fraction of sp³-hybridized carbons (Fsp3) is 0.533. The number of aryl methyl sites for hydroxylation is 2. The highest BCUT2D eigenvalue weighted by molar-refractivity contribution is 6.18. The molecule has 1 N–H and O–H groups in total. The van der Waals surface area contributed by atoms with Gasteiger partial charge in [0, 0.05) is 17.5 Å². The molecule has 0 fully saturated rings. The first kappa shape index (κ1) is 15.0. The molecule has 0 aliphatic heterocycles. The van der Waals surface area contributed by atoms with Crippen LogP contribution in [0.15, 0.2) is 18.2 Å². The Morgan fingerprint density at radius 1 is 1.33 bits per heavy atom. The van der Waals surface area contributed by atoms with Crippen molar-refractivity contribution in [2.75, 3.05) is 5.88 Å². The molecule has 3 heteroatoms. The molecule has 1 unspecified atom stereocenters. The molecule has 0 bridgehead atoms. The highest BCUT2D eigenvalue weighted by Gasteiger charge is 2.15. The normalized spacial score (nSPS) is 12.6. The zero-order valence-electron chi connectivity index (χ0n) is 11.6. The van der Waals surface area contributed by atoms with Crippen molar-refractivity contribution < 1.29 is 4.79 Å². The summed E-state index contributed by atoms with van der Waals surface area (Å²) >= 11 is 5.90. The molecule has 0 radical (unpaired) electrons. The maximum absolute atomic E-state index is 12.2. The van der Waals surface area contributed by atoms with Gasteiger partial charge in [-0.1, -0.05) is 31.5 Å². The van der Waals surface area contributed by atoms with E-state index in [-0.39, 0.29) is 11.9 Å². The number of hydrogen-bond acceptors (Lipinski definition) is 1. The average Bonchev–Trinajstić information content (AvgIpc) is 2.30. The number of alkyl halides is 1. The van der Waals surface area contributed by atoms with Crippen LogP contribution in [0.3, 0.4) is 0 Å². The molecular weight excluding hydrogens is 246 g/mol. The summed E-state index contributed by atoms with van der Waals surface area (Å²) in [5, 5.41) is 3.01. The quantitative estimate of drug-likeness (QED) is 0.810. The van der Waals surface area contributed by atoms with Gasteiger partial charge in [0.05, 0.1) is 0 Å². The second-order valence-corrected chi connectivity index (χ2v) is 5.58. The van der Waals surface area contributed by atoms with Crippen molar-refractivity contribution in [3.63, 3.8) is 0 Å². The summed E-state index contributed by atoms with van der Waals surface area (Å²) in [6.45, 7) is 8.20. The molecule has 1 rings (SSSR count). The predicted molar refractivity (Wildman–Crippen MR) is 77.3 cm³/mol. The van der Waals surface area contributed by atoms with Crippen molar-refractivity contribution in [1.82, 2.24) is 5.32 Å². The molecule has 2 nitrogen and oxygen atoms in total. The molecular formula is C15H22ClNO. The zero-order valence-corrected chi connectivity index (χ0v) is 12.3. The standard InChI is InChI=1S/C15H22ClNO/c1-10(2)7-13(9-16)17-15(18)14-8-11(3)5-6-12(14)4/h5-6,8,10,13H,7,9H2,1-4H3,(H,17,18). The monoisotopic (exact) mass is 267 g/mol. The Labute approximate surface area is 115 Å². The van der Waals surface area contributed by atoms with Gasteiger partial charge in [-0.25, -0.2) is 0 Å². The molecule has 0 spiro atoms. The molecule has 0 aliphatic carbocycles. The molecule has 100 valence electrons. The van der Waals surface area contributed by atoms with Crippen molar-refractivity contribution >= 4 is 17.5 Å². The maximum atomic E-state index is 12.2. The Balaban J connectivity index is 2.77. The van der Waals surface area contributed by atoms with Crippen LogP contribution in [0.4, 0.5) is 0 Å². The van der Waals surface area contributed by atoms with Gasteiger partial charge in [-0.15, -0.1) is 11.6 Å². The fourth-order valence-electron chi connectivity index (χ4n) is 1.97. The number of amides is 1. The maximum Gasteiger partial charge on any atom is 0.251 e. The Morgan fingerprint density at radius 2 is 2.00 bits per heavy atom. The van der Waals surface area contributed by atoms with E-state index in [0.29, 0.717) is 11.8 Å². The van der Waals surface area contributed by atoms with Crippen LogP contribution in [0.2, 0.25) is 0 Å². The van der Waals surface area contributed by atoms with Crippen LogP contribution in [-0.2, 0) is 0 Å². The second kappa shape index (κ2) is 6.79. The van der Waals surface area contributed by atoms with E-state index < -0.39 is 0 Å².